The topological polar surface area (TPSA) is 0 Å². The maximum absolute atomic E-state index is 3.76. The predicted octanol–water partition coefficient (Wildman–Crippen LogP) is 1.82. The molecule has 0 aliphatic heterocycles. The summed E-state index contributed by atoms with van der Waals surface area (Å²) >= 11 is 0. The number of nitrogens with zero attached hydrogens (tertiary/aromatic N) is 1. The number of quaternary nitrogens is 1. The first-order chi connectivity index (χ1) is 4.54. The fraction of sp³-hybridized carbons (Fsp3) is 0.556. The molecule has 1 unspecified atom stereocenters. The Morgan fingerprint density at radius 2 is 1.90 bits per heavy atom. The van der Waals surface area contributed by atoms with Gasteiger partial charge in [0.25, 0.3) is 0 Å². The maximum atomic E-state index is 3.76. The van der Waals surface area contributed by atoms with Crippen LogP contribution < -0.4 is 0 Å². The van der Waals surface area contributed by atoms with Crippen LogP contribution in [0.4, 0.5) is 0 Å². The first kappa shape index (κ1) is 9.44. The highest BCUT2D eigenvalue weighted by atomic mass is 15.3. The smallest absolute Gasteiger partial charge is 0.104 e. The van der Waals surface area contributed by atoms with Crippen LogP contribution in [-0.4, -0.2) is 31.2 Å². The van der Waals surface area contributed by atoms with Gasteiger partial charge in [-0.25, -0.2) is 0 Å². The van der Waals surface area contributed by atoms with E-state index in [-0.39, 0.29) is 0 Å². The van der Waals surface area contributed by atoms with E-state index in [1.165, 1.54) is 0 Å². The molecule has 0 saturated carbocycles. The summed E-state index contributed by atoms with van der Waals surface area (Å²) in [6.07, 6.45) is 3.92. The normalized spacial score (nSPS) is 14.3. The van der Waals surface area contributed by atoms with Crippen molar-refractivity contribution in [1.82, 2.24) is 0 Å². The van der Waals surface area contributed by atoms with E-state index in [0.29, 0.717) is 6.04 Å². The van der Waals surface area contributed by atoms with Crippen molar-refractivity contribution in [2.24, 2.45) is 0 Å². The second kappa shape index (κ2) is 3.57. The van der Waals surface area contributed by atoms with E-state index in [1.54, 1.807) is 0 Å². The van der Waals surface area contributed by atoms with Crippen molar-refractivity contribution in [2.75, 3.05) is 20.6 Å². The molecule has 1 nitrogen and oxygen atoms in total. The van der Waals surface area contributed by atoms with Gasteiger partial charge in [-0.15, -0.1) is 0 Å². The van der Waals surface area contributed by atoms with Crippen LogP contribution in [0.3, 0.4) is 0 Å². The first-order valence-electron chi connectivity index (χ1n) is 3.60. The summed E-state index contributed by atoms with van der Waals surface area (Å²) in [7, 11) is 4.35. The molecule has 0 radical (unpaired) electrons. The van der Waals surface area contributed by atoms with Gasteiger partial charge in [0, 0.05) is 0 Å². The quantitative estimate of drug-likeness (QED) is 0.413. The maximum Gasteiger partial charge on any atom is 0.104 e. The zero-order valence-electron chi connectivity index (χ0n) is 7.30. The van der Waals surface area contributed by atoms with Crippen LogP contribution >= 0.6 is 0 Å². The molecule has 0 N–H and O–H groups in total. The second-order valence-electron chi connectivity index (χ2n) is 3.23. The Bertz CT molecular complexity index is 125. The first-order valence-corrected chi connectivity index (χ1v) is 3.60. The molecule has 0 aromatic carbocycles. The Morgan fingerprint density at radius 3 is 2.20 bits per heavy atom. The molecule has 0 aromatic rings. The van der Waals surface area contributed by atoms with Crippen LogP contribution in [0, 0.1) is 0 Å². The fourth-order valence-corrected chi connectivity index (χ4v) is 0.784. The third-order valence-corrected chi connectivity index (χ3v) is 2.04. The Morgan fingerprint density at radius 1 is 1.40 bits per heavy atom. The van der Waals surface area contributed by atoms with Crippen molar-refractivity contribution in [3.63, 3.8) is 0 Å². The minimum Gasteiger partial charge on any atom is -0.320 e. The fourth-order valence-electron chi connectivity index (χ4n) is 0.784. The van der Waals surface area contributed by atoms with E-state index in [2.05, 4.69) is 34.2 Å². The minimum atomic E-state index is 0.498. The third-order valence-electron chi connectivity index (χ3n) is 2.04. The van der Waals surface area contributed by atoms with Gasteiger partial charge in [-0.2, -0.15) is 0 Å². The van der Waals surface area contributed by atoms with Crippen molar-refractivity contribution in [3.8, 4) is 0 Å². The molecule has 0 heterocycles. The average molecular weight is 140 g/mol. The Labute approximate surface area is 64.2 Å². The molecule has 0 aliphatic rings. The summed E-state index contributed by atoms with van der Waals surface area (Å²) < 4.78 is 0.938. The monoisotopic (exact) mass is 140 g/mol. The van der Waals surface area contributed by atoms with Gasteiger partial charge in [0.05, 0.1) is 20.6 Å². The molecule has 1 atom stereocenters. The van der Waals surface area contributed by atoms with Gasteiger partial charge in [0.15, 0.2) is 0 Å². The molecular formula is C9H18N+. The highest BCUT2D eigenvalue weighted by molar-refractivity contribution is 4.77. The SMILES string of the molecule is C=CC[N+](C)(C)C(C)C=C. The van der Waals surface area contributed by atoms with Gasteiger partial charge in [0.2, 0.25) is 0 Å². The molecule has 0 aromatic heterocycles. The van der Waals surface area contributed by atoms with Crippen LogP contribution in [0.5, 0.6) is 0 Å². The molecule has 1 heteroatoms. The number of rotatable bonds is 4. The van der Waals surface area contributed by atoms with E-state index in [0.717, 1.165) is 11.0 Å². The van der Waals surface area contributed by atoms with Crippen LogP contribution in [-0.2, 0) is 0 Å². The molecule has 0 saturated heterocycles. The van der Waals surface area contributed by atoms with Gasteiger partial charge in [0.1, 0.15) is 6.04 Å². The second-order valence-corrected chi connectivity index (χ2v) is 3.23. The zero-order valence-corrected chi connectivity index (χ0v) is 7.30. The molecule has 0 bridgehead atoms. The molecule has 0 rings (SSSR count). The molecule has 0 spiro atoms. The van der Waals surface area contributed by atoms with E-state index in [1.807, 2.05) is 12.2 Å². The van der Waals surface area contributed by atoms with Crippen LogP contribution in [0.1, 0.15) is 6.92 Å². The molecular weight excluding hydrogens is 122 g/mol. The number of likely N-dealkylation sites (N-methyl/N-ethyl adjacent to an activating group) is 1. The number of hydrogen-bond acceptors (Lipinski definition) is 0. The molecule has 0 fully saturated rings. The van der Waals surface area contributed by atoms with Gasteiger partial charge < -0.3 is 4.48 Å². The van der Waals surface area contributed by atoms with Crippen molar-refractivity contribution in [2.45, 2.75) is 13.0 Å². The average Bonchev–Trinajstić information content (AvgIpc) is 1.86. The predicted molar refractivity (Wildman–Crippen MR) is 46.8 cm³/mol. The lowest BCUT2D eigenvalue weighted by Gasteiger charge is -2.33. The van der Waals surface area contributed by atoms with Crippen molar-refractivity contribution < 1.29 is 4.48 Å². The van der Waals surface area contributed by atoms with E-state index in [4.69, 9.17) is 0 Å². The van der Waals surface area contributed by atoms with Crippen molar-refractivity contribution in [3.05, 3.63) is 25.3 Å². The summed E-state index contributed by atoms with van der Waals surface area (Å²) in [6.45, 7) is 10.6. The highest BCUT2D eigenvalue weighted by Gasteiger charge is 2.18. The molecule has 0 amide bonds. The minimum absolute atomic E-state index is 0.498. The Hall–Kier alpha value is -0.560. The number of hydrogen-bond donors (Lipinski definition) is 0. The molecule has 58 valence electrons. The lowest BCUT2D eigenvalue weighted by Crippen LogP contribution is -2.46. The van der Waals surface area contributed by atoms with Crippen LogP contribution in [0.15, 0.2) is 25.3 Å². The van der Waals surface area contributed by atoms with E-state index < -0.39 is 0 Å². The van der Waals surface area contributed by atoms with Crippen molar-refractivity contribution in [1.29, 1.82) is 0 Å². The van der Waals surface area contributed by atoms with Crippen molar-refractivity contribution >= 4 is 0 Å². The van der Waals surface area contributed by atoms with Gasteiger partial charge >= 0.3 is 0 Å². The van der Waals surface area contributed by atoms with E-state index >= 15 is 0 Å². The summed E-state index contributed by atoms with van der Waals surface area (Å²) in [4.78, 5) is 0. The highest BCUT2D eigenvalue weighted by Crippen LogP contribution is 2.06. The van der Waals surface area contributed by atoms with Gasteiger partial charge in [-0.1, -0.05) is 13.2 Å². The van der Waals surface area contributed by atoms with Gasteiger partial charge in [-0.3, -0.25) is 0 Å². The lowest BCUT2D eigenvalue weighted by molar-refractivity contribution is -0.900. The van der Waals surface area contributed by atoms with E-state index in [9.17, 15) is 0 Å². The standard InChI is InChI=1S/C9H18N/c1-6-8-10(4,5)9(3)7-2/h6-7,9H,1-2,8H2,3-5H3/q+1. The lowest BCUT2D eigenvalue weighted by atomic mass is 10.2. The summed E-state index contributed by atoms with van der Waals surface area (Å²) in [6, 6.07) is 0.498. The van der Waals surface area contributed by atoms with Gasteiger partial charge in [-0.05, 0) is 19.1 Å². The summed E-state index contributed by atoms with van der Waals surface area (Å²) in [5.41, 5.74) is 0. The zero-order chi connectivity index (χ0) is 8.20. The summed E-state index contributed by atoms with van der Waals surface area (Å²) in [5.74, 6) is 0. The summed E-state index contributed by atoms with van der Waals surface area (Å²) in [5, 5.41) is 0. The molecule has 10 heavy (non-hydrogen) atoms. The Kier molecular flexibility index (Phi) is 3.37. The van der Waals surface area contributed by atoms with Crippen LogP contribution in [0.2, 0.25) is 0 Å². The largest absolute Gasteiger partial charge is 0.320 e. The molecule has 0 aliphatic carbocycles. The van der Waals surface area contributed by atoms with Crippen LogP contribution in [0.25, 0.3) is 0 Å². The third kappa shape index (κ3) is 2.36. The Balaban J connectivity index is 4.07.